The molecule has 4 nitrogen and oxygen atoms in total. The first-order valence-electron chi connectivity index (χ1n) is 10.2. The van der Waals surface area contributed by atoms with Crippen molar-refractivity contribution in [3.63, 3.8) is 0 Å². The average molecular weight is 411 g/mol. The second-order valence-electron chi connectivity index (χ2n) is 7.32. The van der Waals surface area contributed by atoms with Crippen molar-refractivity contribution in [2.75, 3.05) is 17.6 Å². The molecule has 148 valence electrons. The minimum Gasteiger partial charge on any atom is -0.335 e. The molecule has 0 saturated carbocycles. The summed E-state index contributed by atoms with van der Waals surface area (Å²) < 4.78 is 0. The Hall–Kier alpha value is -3.18. The third-order valence-electron chi connectivity index (χ3n) is 5.31. The number of rotatable bonds is 3. The van der Waals surface area contributed by atoms with Gasteiger partial charge in [0.05, 0.1) is 5.71 Å². The highest BCUT2D eigenvalue weighted by molar-refractivity contribution is 8.14. The first kappa shape index (κ1) is 18.8. The van der Waals surface area contributed by atoms with Crippen LogP contribution in [-0.4, -0.2) is 28.9 Å². The summed E-state index contributed by atoms with van der Waals surface area (Å²) in [7, 11) is 0. The van der Waals surface area contributed by atoms with Gasteiger partial charge in [0.2, 0.25) is 0 Å². The summed E-state index contributed by atoms with van der Waals surface area (Å²) >= 11 is 1.78. The van der Waals surface area contributed by atoms with Gasteiger partial charge >= 0.3 is 0 Å². The lowest BCUT2D eigenvalue weighted by molar-refractivity contribution is 0.938. The van der Waals surface area contributed by atoms with Crippen molar-refractivity contribution >= 4 is 34.0 Å². The molecule has 1 aliphatic carbocycles. The molecule has 0 aromatic heterocycles. The van der Waals surface area contributed by atoms with Crippen molar-refractivity contribution in [1.29, 1.82) is 0 Å². The molecule has 3 aromatic rings. The van der Waals surface area contributed by atoms with Gasteiger partial charge in [0.1, 0.15) is 5.71 Å². The molecular formula is C25H22N4S. The van der Waals surface area contributed by atoms with Crippen LogP contribution in [0.5, 0.6) is 0 Å². The zero-order valence-electron chi connectivity index (χ0n) is 16.8. The number of hydrogen-bond acceptors (Lipinski definition) is 5. The van der Waals surface area contributed by atoms with Crippen molar-refractivity contribution in [2.24, 2.45) is 15.2 Å². The van der Waals surface area contributed by atoms with E-state index in [4.69, 9.17) is 0 Å². The van der Waals surface area contributed by atoms with E-state index in [-0.39, 0.29) is 0 Å². The van der Waals surface area contributed by atoms with Crippen LogP contribution in [0.4, 0.5) is 5.69 Å². The lowest BCUT2D eigenvalue weighted by Gasteiger charge is -2.13. The maximum Gasteiger partial charge on any atom is 0.161 e. The molecule has 0 radical (unpaired) electrons. The lowest BCUT2D eigenvalue weighted by atomic mass is 10.1. The fourth-order valence-electron chi connectivity index (χ4n) is 3.74. The molecule has 30 heavy (non-hydrogen) atoms. The highest BCUT2D eigenvalue weighted by Gasteiger charge is 2.23. The Bertz CT molecular complexity index is 1130. The van der Waals surface area contributed by atoms with Crippen LogP contribution < -0.4 is 5.32 Å². The van der Waals surface area contributed by atoms with E-state index in [0.29, 0.717) is 0 Å². The standard InChI is InChI=1S/C25H22N4S/c1-17(18-11-13-19(14-12-18)27-25-26-15-6-16-30-25)28-29-24-22-9-4-2-7-20(22)21-8-3-5-10-23(21)24/h2-5,7-14H,6,15-16H2,1H3,(H,26,27)/b28-17-. The summed E-state index contributed by atoms with van der Waals surface area (Å²) in [5.41, 5.74) is 8.65. The molecule has 2 aliphatic rings. The molecule has 0 atom stereocenters. The SMILES string of the molecule is C/C(=N/N=C1c2ccccc2-c2ccccc21)c1ccc(NC2=NCCCS2)cc1. The molecule has 1 N–H and O–H groups in total. The highest BCUT2D eigenvalue weighted by atomic mass is 32.2. The van der Waals surface area contributed by atoms with E-state index in [9.17, 15) is 0 Å². The molecule has 0 amide bonds. The van der Waals surface area contributed by atoms with Crippen LogP contribution in [0.2, 0.25) is 0 Å². The lowest BCUT2D eigenvalue weighted by Crippen LogP contribution is -2.13. The van der Waals surface area contributed by atoms with E-state index in [2.05, 4.69) is 93.3 Å². The van der Waals surface area contributed by atoms with Gasteiger partial charge in [-0.3, -0.25) is 4.99 Å². The summed E-state index contributed by atoms with van der Waals surface area (Å²) in [4.78, 5) is 4.52. The Kier molecular flexibility index (Phi) is 5.20. The number of benzene rings is 3. The average Bonchev–Trinajstić information content (AvgIpc) is 3.12. The van der Waals surface area contributed by atoms with Crippen LogP contribution in [0.25, 0.3) is 11.1 Å². The number of nitrogens with one attached hydrogen (secondary N) is 1. The number of nitrogens with zero attached hydrogens (tertiary/aromatic N) is 3. The fraction of sp³-hybridized carbons (Fsp3) is 0.160. The molecule has 5 rings (SSSR count). The van der Waals surface area contributed by atoms with Crippen molar-refractivity contribution in [3.05, 3.63) is 89.5 Å². The van der Waals surface area contributed by atoms with Crippen molar-refractivity contribution in [3.8, 4) is 11.1 Å². The first-order valence-corrected chi connectivity index (χ1v) is 11.1. The van der Waals surface area contributed by atoms with Gasteiger partial charge in [-0.15, -0.1) is 5.10 Å². The van der Waals surface area contributed by atoms with Crippen LogP contribution in [0, 0.1) is 0 Å². The largest absolute Gasteiger partial charge is 0.335 e. The second-order valence-corrected chi connectivity index (χ2v) is 8.40. The van der Waals surface area contributed by atoms with E-state index in [1.165, 1.54) is 11.1 Å². The third-order valence-corrected chi connectivity index (χ3v) is 6.30. The van der Waals surface area contributed by atoms with Crippen LogP contribution in [0.15, 0.2) is 88.0 Å². The number of amidine groups is 1. The van der Waals surface area contributed by atoms with Gasteiger partial charge < -0.3 is 5.32 Å². The summed E-state index contributed by atoms with van der Waals surface area (Å²) in [5, 5.41) is 13.6. The van der Waals surface area contributed by atoms with Gasteiger partial charge in [-0.05, 0) is 42.2 Å². The number of hydrogen-bond donors (Lipinski definition) is 1. The van der Waals surface area contributed by atoms with Crippen molar-refractivity contribution in [2.45, 2.75) is 13.3 Å². The molecule has 3 aromatic carbocycles. The Labute approximate surface area is 180 Å². The zero-order valence-corrected chi connectivity index (χ0v) is 17.6. The van der Waals surface area contributed by atoms with Gasteiger partial charge in [-0.2, -0.15) is 5.10 Å². The second kappa shape index (κ2) is 8.28. The molecule has 0 bridgehead atoms. The summed E-state index contributed by atoms with van der Waals surface area (Å²) in [6, 6.07) is 25.1. The van der Waals surface area contributed by atoms with Gasteiger partial charge in [0.15, 0.2) is 5.17 Å². The number of anilines is 1. The maximum absolute atomic E-state index is 4.66. The van der Waals surface area contributed by atoms with Gasteiger partial charge in [0, 0.05) is 29.1 Å². The van der Waals surface area contributed by atoms with Crippen molar-refractivity contribution < 1.29 is 0 Å². The van der Waals surface area contributed by atoms with Crippen molar-refractivity contribution in [1.82, 2.24) is 0 Å². The van der Waals surface area contributed by atoms with Crippen LogP contribution in [0.1, 0.15) is 30.0 Å². The summed E-state index contributed by atoms with van der Waals surface area (Å²) in [5.74, 6) is 1.13. The predicted molar refractivity (Wildman–Crippen MR) is 129 cm³/mol. The van der Waals surface area contributed by atoms with Gasteiger partial charge in [-0.25, -0.2) is 0 Å². The maximum atomic E-state index is 4.66. The Balaban J connectivity index is 1.40. The minimum absolute atomic E-state index is 0.889. The minimum atomic E-state index is 0.889. The smallest absolute Gasteiger partial charge is 0.161 e. The Morgan fingerprint density at radius 3 is 2.10 bits per heavy atom. The molecule has 0 spiro atoms. The van der Waals surface area contributed by atoms with E-state index < -0.39 is 0 Å². The quantitative estimate of drug-likeness (QED) is 0.341. The van der Waals surface area contributed by atoms with E-state index in [1.807, 2.05) is 6.92 Å². The van der Waals surface area contributed by atoms with Crippen LogP contribution >= 0.6 is 11.8 Å². The summed E-state index contributed by atoms with van der Waals surface area (Å²) in [6.45, 7) is 2.91. The molecular weight excluding hydrogens is 388 g/mol. The zero-order chi connectivity index (χ0) is 20.3. The van der Waals surface area contributed by atoms with E-state index >= 15 is 0 Å². The van der Waals surface area contributed by atoms with E-state index in [1.54, 1.807) is 11.8 Å². The fourth-order valence-corrected chi connectivity index (χ4v) is 4.58. The molecule has 0 fully saturated rings. The molecule has 1 heterocycles. The van der Waals surface area contributed by atoms with Crippen LogP contribution in [-0.2, 0) is 0 Å². The predicted octanol–water partition coefficient (Wildman–Crippen LogP) is 5.83. The molecule has 5 heteroatoms. The number of fused-ring (bicyclic) bond motifs is 3. The topological polar surface area (TPSA) is 49.1 Å². The normalized spacial score (nSPS) is 15.3. The first-order chi connectivity index (χ1) is 14.8. The monoisotopic (exact) mass is 410 g/mol. The highest BCUT2D eigenvalue weighted by Crippen LogP contribution is 2.36. The third kappa shape index (κ3) is 3.68. The van der Waals surface area contributed by atoms with Gasteiger partial charge in [0.25, 0.3) is 0 Å². The molecule has 1 aliphatic heterocycles. The van der Waals surface area contributed by atoms with Crippen LogP contribution in [0.3, 0.4) is 0 Å². The number of aliphatic imine (C=N–C) groups is 1. The molecule has 0 saturated heterocycles. The molecule has 0 unspecified atom stereocenters. The Morgan fingerprint density at radius 2 is 1.50 bits per heavy atom. The van der Waals surface area contributed by atoms with E-state index in [0.717, 1.165) is 57.7 Å². The number of thioether (sulfide) groups is 1. The Morgan fingerprint density at radius 1 is 0.867 bits per heavy atom. The van der Waals surface area contributed by atoms with Gasteiger partial charge in [-0.1, -0.05) is 72.4 Å². The summed E-state index contributed by atoms with van der Waals surface area (Å²) in [6.07, 6.45) is 1.15.